The summed E-state index contributed by atoms with van der Waals surface area (Å²) in [4.78, 5) is 28.9. The van der Waals surface area contributed by atoms with E-state index in [0.29, 0.717) is 30.9 Å². The summed E-state index contributed by atoms with van der Waals surface area (Å²) in [6.07, 6.45) is 1.61. The van der Waals surface area contributed by atoms with Crippen LogP contribution >= 0.6 is 11.3 Å². The molecular weight excluding hydrogens is 408 g/mol. The second-order valence-electron chi connectivity index (χ2n) is 7.80. The van der Waals surface area contributed by atoms with Gasteiger partial charge in [-0.1, -0.05) is 36.4 Å². The lowest BCUT2D eigenvalue weighted by Crippen LogP contribution is -2.50. The van der Waals surface area contributed by atoms with Crippen LogP contribution in [-0.4, -0.2) is 43.5 Å². The fourth-order valence-corrected chi connectivity index (χ4v) is 5.16. The molecule has 1 aliphatic rings. The van der Waals surface area contributed by atoms with Gasteiger partial charge in [-0.05, 0) is 48.6 Å². The van der Waals surface area contributed by atoms with Gasteiger partial charge < -0.3 is 15.0 Å². The standard InChI is InChI=1S/C25H26N2O3S/c1-30-21-11-6-5-10-20(21)23(28)26-18-25(22-12-7-17-31-22)13-15-27(16-14-25)24(29)19-8-3-2-4-9-19/h2-12,17H,13-16,18H2,1H3,(H,26,28). The highest BCUT2D eigenvalue weighted by Gasteiger charge is 2.39. The molecule has 2 amide bonds. The van der Waals surface area contributed by atoms with Crippen LogP contribution in [0.3, 0.4) is 0 Å². The van der Waals surface area contributed by atoms with Gasteiger partial charge in [0, 0.05) is 35.5 Å². The van der Waals surface area contributed by atoms with E-state index >= 15 is 0 Å². The lowest BCUT2D eigenvalue weighted by Gasteiger charge is -2.41. The van der Waals surface area contributed by atoms with Crippen LogP contribution in [0.15, 0.2) is 72.1 Å². The van der Waals surface area contributed by atoms with Crippen LogP contribution in [0.2, 0.25) is 0 Å². The molecule has 1 N–H and O–H groups in total. The predicted octanol–water partition coefficient (Wildman–Crippen LogP) is 4.36. The van der Waals surface area contributed by atoms with Crippen molar-refractivity contribution in [1.29, 1.82) is 0 Å². The number of methoxy groups -OCH3 is 1. The maximum atomic E-state index is 12.9. The highest BCUT2D eigenvalue weighted by Crippen LogP contribution is 2.38. The molecule has 31 heavy (non-hydrogen) atoms. The van der Waals surface area contributed by atoms with E-state index in [4.69, 9.17) is 4.74 Å². The van der Waals surface area contributed by atoms with Crippen molar-refractivity contribution >= 4 is 23.2 Å². The van der Waals surface area contributed by atoms with Gasteiger partial charge in [-0.25, -0.2) is 0 Å². The molecule has 2 heterocycles. The normalized spacial score (nSPS) is 15.3. The quantitative estimate of drug-likeness (QED) is 0.627. The summed E-state index contributed by atoms with van der Waals surface area (Å²) in [5, 5.41) is 5.20. The minimum absolute atomic E-state index is 0.0680. The second-order valence-corrected chi connectivity index (χ2v) is 8.75. The maximum Gasteiger partial charge on any atom is 0.255 e. The summed E-state index contributed by atoms with van der Waals surface area (Å²) >= 11 is 1.71. The van der Waals surface area contributed by atoms with Gasteiger partial charge in [-0.15, -0.1) is 11.3 Å². The SMILES string of the molecule is COc1ccccc1C(=O)NCC1(c2cccs2)CCN(C(=O)c2ccccc2)CC1. The third-order valence-corrected chi connectivity index (χ3v) is 7.13. The van der Waals surface area contributed by atoms with Crippen LogP contribution in [0.4, 0.5) is 0 Å². The number of carbonyl (C=O) groups excluding carboxylic acids is 2. The van der Waals surface area contributed by atoms with E-state index in [1.54, 1.807) is 30.6 Å². The molecule has 1 aliphatic heterocycles. The molecule has 1 saturated heterocycles. The first kappa shape index (κ1) is 21.1. The Balaban J connectivity index is 1.48. The number of hydrogen-bond acceptors (Lipinski definition) is 4. The van der Waals surface area contributed by atoms with E-state index in [-0.39, 0.29) is 17.2 Å². The minimum Gasteiger partial charge on any atom is -0.496 e. The molecule has 0 saturated carbocycles. The number of ether oxygens (including phenoxy) is 1. The molecule has 0 bridgehead atoms. The van der Waals surface area contributed by atoms with Gasteiger partial charge >= 0.3 is 0 Å². The monoisotopic (exact) mass is 434 g/mol. The molecule has 0 aliphatic carbocycles. The number of benzene rings is 2. The van der Waals surface area contributed by atoms with Crippen LogP contribution in [0.1, 0.15) is 38.4 Å². The van der Waals surface area contributed by atoms with Crippen molar-refractivity contribution in [1.82, 2.24) is 10.2 Å². The summed E-state index contributed by atoms with van der Waals surface area (Å²) in [7, 11) is 1.57. The minimum atomic E-state index is -0.181. The summed E-state index contributed by atoms with van der Waals surface area (Å²) < 4.78 is 5.34. The van der Waals surface area contributed by atoms with Crippen LogP contribution < -0.4 is 10.1 Å². The number of hydrogen-bond donors (Lipinski definition) is 1. The number of amides is 2. The summed E-state index contributed by atoms with van der Waals surface area (Å²) in [5.74, 6) is 0.489. The fraction of sp³-hybridized carbons (Fsp3) is 0.280. The van der Waals surface area contributed by atoms with E-state index in [9.17, 15) is 9.59 Å². The van der Waals surface area contributed by atoms with Gasteiger partial charge in [-0.2, -0.15) is 0 Å². The number of nitrogens with zero attached hydrogens (tertiary/aromatic N) is 1. The number of piperidine rings is 1. The number of thiophene rings is 1. The van der Waals surface area contributed by atoms with Crippen LogP contribution in [-0.2, 0) is 5.41 Å². The molecule has 0 spiro atoms. The average Bonchev–Trinajstić information content (AvgIpc) is 3.39. The zero-order valence-corrected chi connectivity index (χ0v) is 18.4. The first-order valence-electron chi connectivity index (χ1n) is 10.4. The predicted molar refractivity (Wildman–Crippen MR) is 123 cm³/mol. The molecule has 4 rings (SSSR count). The molecule has 1 fully saturated rings. The first-order chi connectivity index (χ1) is 15.1. The van der Waals surface area contributed by atoms with Crippen molar-refractivity contribution < 1.29 is 14.3 Å². The fourth-order valence-electron chi connectivity index (χ4n) is 4.17. The number of nitrogens with one attached hydrogen (secondary N) is 1. The van der Waals surface area contributed by atoms with E-state index < -0.39 is 0 Å². The van der Waals surface area contributed by atoms with E-state index in [1.807, 2.05) is 53.4 Å². The Labute approximate surface area is 186 Å². The number of para-hydroxylation sites is 1. The molecule has 0 radical (unpaired) electrons. The Morgan fingerprint density at radius 3 is 2.39 bits per heavy atom. The van der Waals surface area contributed by atoms with Crippen LogP contribution in [0, 0.1) is 0 Å². The van der Waals surface area contributed by atoms with Crippen molar-refractivity contribution in [3.63, 3.8) is 0 Å². The molecule has 0 atom stereocenters. The zero-order valence-electron chi connectivity index (χ0n) is 17.5. The third kappa shape index (κ3) is 4.49. The second kappa shape index (κ2) is 9.35. The molecule has 5 nitrogen and oxygen atoms in total. The van der Waals surface area contributed by atoms with Gasteiger partial charge in [-0.3, -0.25) is 9.59 Å². The van der Waals surface area contributed by atoms with Gasteiger partial charge in [0.2, 0.25) is 0 Å². The highest BCUT2D eigenvalue weighted by molar-refractivity contribution is 7.10. The number of carbonyl (C=O) groups is 2. The van der Waals surface area contributed by atoms with Gasteiger partial charge in [0.25, 0.3) is 11.8 Å². The van der Waals surface area contributed by atoms with Crippen molar-refractivity contribution in [3.05, 3.63) is 88.1 Å². The van der Waals surface area contributed by atoms with Crippen molar-refractivity contribution in [2.45, 2.75) is 18.3 Å². The summed E-state index contributed by atoms with van der Waals surface area (Å²) in [5.41, 5.74) is 1.07. The van der Waals surface area contributed by atoms with Crippen LogP contribution in [0.5, 0.6) is 5.75 Å². The van der Waals surface area contributed by atoms with E-state index in [0.717, 1.165) is 18.4 Å². The van der Waals surface area contributed by atoms with Gasteiger partial charge in [0.1, 0.15) is 5.75 Å². The van der Waals surface area contributed by atoms with E-state index in [1.165, 1.54) is 4.88 Å². The molecule has 6 heteroatoms. The molecule has 3 aromatic rings. The highest BCUT2D eigenvalue weighted by atomic mass is 32.1. The largest absolute Gasteiger partial charge is 0.496 e. The zero-order chi connectivity index (χ0) is 21.7. The van der Waals surface area contributed by atoms with Crippen molar-refractivity contribution in [2.75, 3.05) is 26.7 Å². The van der Waals surface area contributed by atoms with Gasteiger partial charge in [0.15, 0.2) is 0 Å². The molecule has 160 valence electrons. The first-order valence-corrected chi connectivity index (χ1v) is 11.3. The number of likely N-dealkylation sites (tertiary alicyclic amines) is 1. The Bertz CT molecular complexity index is 1030. The molecule has 2 aromatic carbocycles. The lowest BCUT2D eigenvalue weighted by atomic mass is 9.76. The summed E-state index contributed by atoms with van der Waals surface area (Å²) in [6, 6.07) is 20.8. The lowest BCUT2D eigenvalue weighted by molar-refractivity contribution is 0.0659. The molecular formula is C25H26N2O3S. The molecule has 0 unspecified atom stereocenters. The number of rotatable bonds is 6. The Morgan fingerprint density at radius 2 is 1.71 bits per heavy atom. The Kier molecular flexibility index (Phi) is 6.37. The van der Waals surface area contributed by atoms with Gasteiger partial charge in [0.05, 0.1) is 12.7 Å². The topological polar surface area (TPSA) is 58.6 Å². The third-order valence-electron chi connectivity index (χ3n) is 6.01. The van der Waals surface area contributed by atoms with Crippen molar-refractivity contribution in [3.8, 4) is 5.75 Å². The van der Waals surface area contributed by atoms with Crippen LogP contribution in [0.25, 0.3) is 0 Å². The van der Waals surface area contributed by atoms with Crippen molar-refractivity contribution in [2.24, 2.45) is 0 Å². The smallest absolute Gasteiger partial charge is 0.255 e. The summed E-state index contributed by atoms with van der Waals surface area (Å²) in [6.45, 7) is 1.85. The molecule has 1 aromatic heterocycles. The van der Waals surface area contributed by atoms with E-state index in [2.05, 4.69) is 16.8 Å². The Morgan fingerprint density at radius 1 is 1.00 bits per heavy atom. The Hall–Kier alpha value is -3.12. The maximum absolute atomic E-state index is 12.9. The average molecular weight is 435 g/mol.